The van der Waals surface area contributed by atoms with Crippen molar-refractivity contribution in [1.29, 1.82) is 0 Å². The molecular formula is C16H21NO2. The first-order chi connectivity index (χ1) is 9.27. The molecule has 0 aliphatic carbocycles. The highest BCUT2D eigenvalue weighted by atomic mass is 16.5. The van der Waals surface area contributed by atoms with Crippen LogP contribution in [-0.2, 0) is 16.1 Å². The number of carbonyl (C=O) groups excluding carboxylic acids is 1. The highest BCUT2D eigenvalue weighted by molar-refractivity contribution is 5.76. The molecule has 0 radical (unpaired) electrons. The average Bonchev–Trinajstić information content (AvgIpc) is 2.85. The van der Waals surface area contributed by atoms with Crippen LogP contribution in [0, 0.1) is 0 Å². The third-order valence-electron chi connectivity index (χ3n) is 4.39. The van der Waals surface area contributed by atoms with Crippen LogP contribution in [-0.4, -0.2) is 29.6 Å². The molecule has 0 unspecified atom stereocenters. The van der Waals surface area contributed by atoms with Gasteiger partial charge in [-0.3, -0.25) is 4.79 Å². The number of likely N-dealkylation sites (tertiary alicyclic amines) is 1. The van der Waals surface area contributed by atoms with Gasteiger partial charge in [0.15, 0.2) is 0 Å². The molecule has 1 atom stereocenters. The van der Waals surface area contributed by atoms with Crippen LogP contribution in [0.15, 0.2) is 30.3 Å². The SMILES string of the molecule is O=C1CC[C@]2(CCCO2)CCN1Cc1ccccc1. The van der Waals surface area contributed by atoms with Crippen molar-refractivity contribution in [2.45, 2.75) is 44.2 Å². The van der Waals surface area contributed by atoms with Crippen LogP contribution in [0.1, 0.15) is 37.7 Å². The van der Waals surface area contributed by atoms with E-state index in [2.05, 4.69) is 12.1 Å². The Balaban J connectivity index is 1.67. The summed E-state index contributed by atoms with van der Waals surface area (Å²) in [6.07, 6.45) is 4.79. The number of hydrogen-bond donors (Lipinski definition) is 0. The lowest BCUT2D eigenvalue weighted by Gasteiger charge is -2.26. The maximum Gasteiger partial charge on any atom is 0.222 e. The van der Waals surface area contributed by atoms with Crippen LogP contribution in [0.2, 0.25) is 0 Å². The van der Waals surface area contributed by atoms with E-state index in [0.29, 0.717) is 6.42 Å². The molecule has 3 nitrogen and oxygen atoms in total. The predicted molar refractivity (Wildman–Crippen MR) is 73.6 cm³/mol. The van der Waals surface area contributed by atoms with Gasteiger partial charge in [0.1, 0.15) is 0 Å². The molecule has 2 saturated heterocycles. The Bertz CT molecular complexity index is 437. The summed E-state index contributed by atoms with van der Waals surface area (Å²) in [6, 6.07) is 10.2. The zero-order chi connectivity index (χ0) is 13.1. The van der Waals surface area contributed by atoms with Crippen molar-refractivity contribution in [2.24, 2.45) is 0 Å². The Morgan fingerprint density at radius 1 is 1.16 bits per heavy atom. The number of amides is 1. The number of rotatable bonds is 2. The van der Waals surface area contributed by atoms with Gasteiger partial charge in [-0.1, -0.05) is 30.3 Å². The van der Waals surface area contributed by atoms with Crippen LogP contribution < -0.4 is 0 Å². The minimum atomic E-state index is 0.00109. The predicted octanol–water partition coefficient (Wildman–Crippen LogP) is 2.75. The summed E-state index contributed by atoms with van der Waals surface area (Å²) in [4.78, 5) is 14.2. The number of benzene rings is 1. The molecular weight excluding hydrogens is 238 g/mol. The lowest BCUT2D eigenvalue weighted by atomic mass is 9.92. The lowest BCUT2D eigenvalue weighted by Crippen LogP contribution is -2.32. The smallest absolute Gasteiger partial charge is 0.222 e. The van der Waals surface area contributed by atoms with Crippen molar-refractivity contribution in [3.63, 3.8) is 0 Å². The molecule has 0 saturated carbocycles. The first-order valence-electron chi connectivity index (χ1n) is 7.23. The average molecular weight is 259 g/mol. The van der Waals surface area contributed by atoms with Crippen LogP contribution in [0.5, 0.6) is 0 Å². The van der Waals surface area contributed by atoms with E-state index in [0.717, 1.165) is 45.4 Å². The summed E-state index contributed by atoms with van der Waals surface area (Å²) in [5, 5.41) is 0. The summed E-state index contributed by atoms with van der Waals surface area (Å²) in [6.45, 7) is 2.43. The van der Waals surface area contributed by atoms with Crippen molar-refractivity contribution in [3.05, 3.63) is 35.9 Å². The maximum absolute atomic E-state index is 12.2. The Kier molecular flexibility index (Phi) is 3.56. The van der Waals surface area contributed by atoms with Gasteiger partial charge in [0.05, 0.1) is 5.60 Å². The molecule has 1 spiro atoms. The van der Waals surface area contributed by atoms with E-state index >= 15 is 0 Å². The Labute approximate surface area is 114 Å². The highest BCUT2D eigenvalue weighted by Gasteiger charge is 2.38. The standard InChI is InChI=1S/C16H21NO2/c18-15-7-9-16(8-4-12-19-16)10-11-17(15)13-14-5-2-1-3-6-14/h1-3,5-6H,4,7-13H2/t16-/m1/s1. The van der Waals surface area contributed by atoms with Gasteiger partial charge < -0.3 is 9.64 Å². The minimum Gasteiger partial charge on any atom is -0.375 e. The molecule has 1 amide bonds. The Morgan fingerprint density at radius 3 is 2.74 bits per heavy atom. The molecule has 19 heavy (non-hydrogen) atoms. The molecule has 2 fully saturated rings. The van der Waals surface area contributed by atoms with Gasteiger partial charge >= 0.3 is 0 Å². The van der Waals surface area contributed by atoms with Crippen molar-refractivity contribution < 1.29 is 9.53 Å². The van der Waals surface area contributed by atoms with E-state index in [1.54, 1.807) is 0 Å². The van der Waals surface area contributed by atoms with Gasteiger partial charge in [-0.25, -0.2) is 0 Å². The minimum absolute atomic E-state index is 0.00109. The van der Waals surface area contributed by atoms with Gasteiger partial charge in [0, 0.05) is 26.1 Å². The van der Waals surface area contributed by atoms with Crippen LogP contribution in [0.4, 0.5) is 0 Å². The number of hydrogen-bond acceptors (Lipinski definition) is 2. The molecule has 2 heterocycles. The van der Waals surface area contributed by atoms with Gasteiger partial charge in [-0.2, -0.15) is 0 Å². The molecule has 3 rings (SSSR count). The van der Waals surface area contributed by atoms with E-state index in [4.69, 9.17) is 4.74 Å². The zero-order valence-corrected chi connectivity index (χ0v) is 11.3. The molecule has 2 aliphatic rings. The summed E-state index contributed by atoms with van der Waals surface area (Å²) in [5.74, 6) is 0.274. The third-order valence-corrected chi connectivity index (χ3v) is 4.39. The van der Waals surface area contributed by atoms with Gasteiger partial charge in [0.25, 0.3) is 0 Å². The molecule has 2 aliphatic heterocycles. The first-order valence-corrected chi connectivity index (χ1v) is 7.23. The van der Waals surface area contributed by atoms with Gasteiger partial charge in [-0.15, -0.1) is 0 Å². The maximum atomic E-state index is 12.2. The summed E-state index contributed by atoms with van der Waals surface area (Å²) < 4.78 is 5.93. The molecule has 1 aromatic rings. The van der Waals surface area contributed by atoms with Gasteiger partial charge in [0.2, 0.25) is 5.91 Å². The summed E-state index contributed by atoms with van der Waals surface area (Å²) in [5.41, 5.74) is 1.21. The molecule has 1 aromatic carbocycles. The second-order valence-electron chi connectivity index (χ2n) is 5.69. The van der Waals surface area contributed by atoms with Crippen molar-refractivity contribution >= 4 is 5.91 Å². The van der Waals surface area contributed by atoms with E-state index in [-0.39, 0.29) is 11.5 Å². The van der Waals surface area contributed by atoms with E-state index in [1.807, 2.05) is 23.1 Å². The first kappa shape index (κ1) is 12.7. The second-order valence-corrected chi connectivity index (χ2v) is 5.69. The van der Waals surface area contributed by atoms with Crippen molar-refractivity contribution in [3.8, 4) is 0 Å². The molecule has 0 bridgehead atoms. The topological polar surface area (TPSA) is 29.5 Å². The molecule has 0 aromatic heterocycles. The second kappa shape index (κ2) is 5.33. The molecule has 0 N–H and O–H groups in total. The molecule has 3 heteroatoms. The summed E-state index contributed by atoms with van der Waals surface area (Å²) >= 11 is 0. The normalized spacial score (nSPS) is 27.8. The largest absolute Gasteiger partial charge is 0.375 e. The summed E-state index contributed by atoms with van der Waals surface area (Å²) in [7, 11) is 0. The number of ether oxygens (including phenoxy) is 1. The Hall–Kier alpha value is -1.35. The number of nitrogens with zero attached hydrogens (tertiary/aromatic N) is 1. The highest BCUT2D eigenvalue weighted by Crippen LogP contribution is 2.36. The Morgan fingerprint density at radius 2 is 2.00 bits per heavy atom. The fraction of sp³-hybridized carbons (Fsp3) is 0.562. The van der Waals surface area contributed by atoms with E-state index < -0.39 is 0 Å². The molecule has 102 valence electrons. The quantitative estimate of drug-likeness (QED) is 0.817. The van der Waals surface area contributed by atoms with E-state index in [9.17, 15) is 4.79 Å². The van der Waals surface area contributed by atoms with E-state index in [1.165, 1.54) is 5.56 Å². The van der Waals surface area contributed by atoms with Crippen molar-refractivity contribution in [1.82, 2.24) is 4.90 Å². The fourth-order valence-corrected chi connectivity index (χ4v) is 3.20. The third kappa shape index (κ3) is 2.81. The lowest BCUT2D eigenvalue weighted by molar-refractivity contribution is -0.131. The van der Waals surface area contributed by atoms with Crippen LogP contribution in [0.25, 0.3) is 0 Å². The van der Waals surface area contributed by atoms with Crippen LogP contribution in [0.3, 0.4) is 0 Å². The number of carbonyl (C=O) groups is 1. The fourth-order valence-electron chi connectivity index (χ4n) is 3.20. The van der Waals surface area contributed by atoms with Gasteiger partial charge in [-0.05, 0) is 31.2 Å². The zero-order valence-electron chi connectivity index (χ0n) is 11.3. The van der Waals surface area contributed by atoms with Crippen molar-refractivity contribution in [2.75, 3.05) is 13.2 Å². The van der Waals surface area contributed by atoms with Crippen LogP contribution >= 0.6 is 0 Å². The monoisotopic (exact) mass is 259 g/mol.